The standard InChI is InChI=1S/C16H24N2O/c1-12-6-8-13(9-7-12)10-16(19)18-11-14-4-2-3-5-15(14)17/h6-9,14-15H,2-5,10-11,17H2,1H3,(H,18,19). The molecule has 1 fully saturated rings. The van der Waals surface area contributed by atoms with Gasteiger partial charge in [0.25, 0.3) is 0 Å². The average Bonchev–Trinajstić information content (AvgIpc) is 2.40. The van der Waals surface area contributed by atoms with Crippen molar-refractivity contribution >= 4 is 5.91 Å². The van der Waals surface area contributed by atoms with Crippen LogP contribution in [-0.4, -0.2) is 18.5 Å². The Kier molecular flexibility index (Phi) is 4.97. The fraction of sp³-hybridized carbons (Fsp3) is 0.562. The van der Waals surface area contributed by atoms with E-state index in [2.05, 4.69) is 5.32 Å². The van der Waals surface area contributed by atoms with E-state index in [9.17, 15) is 4.79 Å². The SMILES string of the molecule is Cc1ccc(CC(=O)NCC2CCCCC2N)cc1. The lowest BCUT2D eigenvalue weighted by Gasteiger charge is -2.28. The van der Waals surface area contributed by atoms with Gasteiger partial charge in [-0.25, -0.2) is 0 Å². The van der Waals surface area contributed by atoms with E-state index >= 15 is 0 Å². The predicted octanol–water partition coefficient (Wildman–Crippen LogP) is 2.17. The molecular weight excluding hydrogens is 236 g/mol. The highest BCUT2D eigenvalue weighted by atomic mass is 16.1. The van der Waals surface area contributed by atoms with Crippen LogP contribution in [0.2, 0.25) is 0 Å². The molecule has 1 amide bonds. The topological polar surface area (TPSA) is 55.1 Å². The molecular formula is C16H24N2O. The zero-order valence-electron chi connectivity index (χ0n) is 11.7. The van der Waals surface area contributed by atoms with E-state index in [-0.39, 0.29) is 11.9 Å². The van der Waals surface area contributed by atoms with Crippen LogP contribution in [0, 0.1) is 12.8 Å². The van der Waals surface area contributed by atoms with Gasteiger partial charge in [0.1, 0.15) is 0 Å². The summed E-state index contributed by atoms with van der Waals surface area (Å²) >= 11 is 0. The zero-order chi connectivity index (χ0) is 13.7. The van der Waals surface area contributed by atoms with Crippen molar-refractivity contribution in [2.24, 2.45) is 11.7 Å². The molecule has 19 heavy (non-hydrogen) atoms. The Morgan fingerprint density at radius 1 is 1.26 bits per heavy atom. The van der Waals surface area contributed by atoms with E-state index in [1.165, 1.54) is 18.4 Å². The van der Waals surface area contributed by atoms with E-state index in [4.69, 9.17) is 5.73 Å². The summed E-state index contributed by atoms with van der Waals surface area (Å²) in [4.78, 5) is 11.9. The number of hydrogen-bond acceptors (Lipinski definition) is 2. The van der Waals surface area contributed by atoms with E-state index in [0.717, 1.165) is 24.9 Å². The van der Waals surface area contributed by atoms with Gasteiger partial charge >= 0.3 is 0 Å². The van der Waals surface area contributed by atoms with Gasteiger partial charge in [0.15, 0.2) is 0 Å². The molecule has 2 rings (SSSR count). The largest absolute Gasteiger partial charge is 0.355 e. The van der Waals surface area contributed by atoms with E-state index in [1.54, 1.807) is 0 Å². The van der Waals surface area contributed by atoms with Crippen LogP contribution in [-0.2, 0) is 11.2 Å². The normalized spacial score (nSPS) is 23.1. The molecule has 0 aromatic heterocycles. The van der Waals surface area contributed by atoms with Gasteiger partial charge in [-0.2, -0.15) is 0 Å². The second-order valence-corrected chi connectivity index (χ2v) is 5.67. The number of rotatable bonds is 4. The van der Waals surface area contributed by atoms with Crippen molar-refractivity contribution in [2.75, 3.05) is 6.54 Å². The lowest BCUT2D eigenvalue weighted by molar-refractivity contribution is -0.120. The van der Waals surface area contributed by atoms with Gasteiger partial charge in [0.2, 0.25) is 5.91 Å². The molecule has 0 radical (unpaired) electrons. The van der Waals surface area contributed by atoms with Gasteiger partial charge in [0.05, 0.1) is 6.42 Å². The van der Waals surface area contributed by atoms with Gasteiger partial charge in [-0.15, -0.1) is 0 Å². The third kappa shape index (κ3) is 4.35. The molecule has 0 aliphatic heterocycles. The zero-order valence-corrected chi connectivity index (χ0v) is 11.7. The Morgan fingerprint density at radius 3 is 2.63 bits per heavy atom. The number of benzene rings is 1. The summed E-state index contributed by atoms with van der Waals surface area (Å²) < 4.78 is 0. The van der Waals surface area contributed by atoms with Crippen LogP contribution in [0.3, 0.4) is 0 Å². The predicted molar refractivity (Wildman–Crippen MR) is 77.8 cm³/mol. The van der Waals surface area contributed by atoms with Crippen molar-refractivity contribution in [3.8, 4) is 0 Å². The summed E-state index contributed by atoms with van der Waals surface area (Å²) in [6.45, 7) is 2.78. The molecule has 104 valence electrons. The maximum absolute atomic E-state index is 11.9. The van der Waals surface area contributed by atoms with Crippen molar-refractivity contribution in [3.05, 3.63) is 35.4 Å². The van der Waals surface area contributed by atoms with Crippen LogP contribution in [0.25, 0.3) is 0 Å². The summed E-state index contributed by atoms with van der Waals surface area (Å²) in [5, 5.41) is 3.03. The lowest BCUT2D eigenvalue weighted by atomic mass is 9.85. The van der Waals surface area contributed by atoms with Crippen LogP contribution in [0.15, 0.2) is 24.3 Å². The van der Waals surface area contributed by atoms with Crippen LogP contribution in [0.1, 0.15) is 36.8 Å². The Morgan fingerprint density at radius 2 is 1.95 bits per heavy atom. The summed E-state index contributed by atoms with van der Waals surface area (Å²) in [5.74, 6) is 0.553. The maximum atomic E-state index is 11.9. The first-order valence-electron chi connectivity index (χ1n) is 7.23. The molecule has 0 spiro atoms. The Bertz CT molecular complexity index is 413. The molecule has 1 aromatic rings. The number of nitrogens with one attached hydrogen (secondary N) is 1. The van der Waals surface area contributed by atoms with Crippen LogP contribution in [0.4, 0.5) is 0 Å². The highest BCUT2D eigenvalue weighted by molar-refractivity contribution is 5.78. The first-order chi connectivity index (χ1) is 9.15. The number of hydrogen-bond donors (Lipinski definition) is 2. The molecule has 2 unspecified atom stereocenters. The quantitative estimate of drug-likeness (QED) is 0.871. The highest BCUT2D eigenvalue weighted by Crippen LogP contribution is 2.22. The second kappa shape index (κ2) is 6.71. The van der Waals surface area contributed by atoms with Gasteiger partial charge in [-0.1, -0.05) is 42.7 Å². The first-order valence-corrected chi connectivity index (χ1v) is 7.23. The summed E-state index contributed by atoms with van der Waals surface area (Å²) in [5.41, 5.74) is 8.37. The Hall–Kier alpha value is -1.35. The maximum Gasteiger partial charge on any atom is 0.224 e. The molecule has 2 atom stereocenters. The molecule has 1 aliphatic carbocycles. The monoisotopic (exact) mass is 260 g/mol. The van der Waals surface area contributed by atoms with Crippen LogP contribution >= 0.6 is 0 Å². The summed E-state index contributed by atoms with van der Waals surface area (Å²) in [6.07, 6.45) is 5.17. The molecule has 1 aliphatic rings. The minimum Gasteiger partial charge on any atom is -0.355 e. The van der Waals surface area contributed by atoms with Gasteiger partial charge in [0, 0.05) is 12.6 Å². The highest BCUT2D eigenvalue weighted by Gasteiger charge is 2.21. The van der Waals surface area contributed by atoms with Crippen molar-refractivity contribution in [1.29, 1.82) is 0 Å². The molecule has 1 saturated carbocycles. The van der Waals surface area contributed by atoms with Crippen molar-refractivity contribution in [1.82, 2.24) is 5.32 Å². The number of nitrogens with two attached hydrogens (primary N) is 1. The number of aryl methyl sites for hydroxylation is 1. The van der Waals surface area contributed by atoms with E-state index in [0.29, 0.717) is 12.3 Å². The summed E-state index contributed by atoms with van der Waals surface area (Å²) in [7, 11) is 0. The third-order valence-electron chi connectivity index (χ3n) is 4.01. The van der Waals surface area contributed by atoms with E-state index in [1.807, 2.05) is 31.2 Å². The van der Waals surface area contributed by atoms with Gasteiger partial charge < -0.3 is 11.1 Å². The smallest absolute Gasteiger partial charge is 0.224 e. The lowest BCUT2D eigenvalue weighted by Crippen LogP contribution is -2.41. The minimum atomic E-state index is 0.0987. The Balaban J connectivity index is 1.76. The average molecular weight is 260 g/mol. The molecule has 3 nitrogen and oxygen atoms in total. The summed E-state index contributed by atoms with van der Waals surface area (Å²) in [6, 6.07) is 8.37. The fourth-order valence-electron chi connectivity index (χ4n) is 2.69. The van der Waals surface area contributed by atoms with Gasteiger partial charge in [-0.05, 0) is 31.2 Å². The molecule has 0 bridgehead atoms. The van der Waals surface area contributed by atoms with Crippen molar-refractivity contribution in [2.45, 2.75) is 45.1 Å². The number of amides is 1. The second-order valence-electron chi connectivity index (χ2n) is 5.67. The van der Waals surface area contributed by atoms with Crippen molar-refractivity contribution < 1.29 is 4.79 Å². The molecule has 3 N–H and O–H groups in total. The number of carbonyl (C=O) groups excluding carboxylic acids is 1. The van der Waals surface area contributed by atoms with Crippen molar-refractivity contribution in [3.63, 3.8) is 0 Å². The first kappa shape index (κ1) is 14.1. The third-order valence-corrected chi connectivity index (χ3v) is 4.01. The molecule has 0 heterocycles. The molecule has 3 heteroatoms. The minimum absolute atomic E-state index is 0.0987. The molecule has 0 saturated heterocycles. The van der Waals surface area contributed by atoms with Crippen LogP contribution in [0.5, 0.6) is 0 Å². The Labute approximate surface area is 115 Å². The van der Waals surface area contributed by atoms with E-state index < -0.39 is 0 Å². The fourth-order valence-corrected chi connectivity index (χ4v) is 2.69. The van der Waals surface area contributed by atoms with Gasteiger partial charge in [-0.3, -0.25) is 4.79 Å². The number of carbonyl (C=O) groups is 1. The van der Waals surface area contributed by atoms with Crippen LogP contribution < -0.4 is 11.1 Å². The molecule has 1 aromatic carbocycles.